The van der Waals surface area contributed by atoms with Crippen LogP contribution in [-0.2, 0) is 0 Å². The maximum atomic E-state index is 11.4. The molecule has 1 heterocycles. The van der Waals surface area contributed by atoms with Gasteiger partial charge in [-0.3, -0.25) is 4.79 Å². The normalized spacial score (nSPS) is 10.5. The molecule has 0 saturated heterocycles. The van der Waals surface area contributed by atoms with Gasteiger partial charge in [-0.15, -0.1) is 0 Å². The molecule has 0 amide bonds. The number of aryl methyl sites for hydroxylation is 1. The van der Waals surface area contributed by atoms with Crippen molar-refractivity contribution in [3.8, 4) is 5.69 Å². The predicted octanol–water partition coefficient (Wildman–Crippen LogP) is 2.62. The van der Waals surface area contributed by atoms with Gasteiger partial charge in [0.2, 0.25) is 0 Å². The molecule has 0 aliphatic heterocycles. The molecule has 0 fully saturated rings. The summed E-state index contributed by atoms with van der Waals surface area (Å²) in [6.07, 6.45) is 1.70. The highest BCUT2D eigenvalue weighted by Gasteiger charge is 2.09. The molecule has 0 bridgehead atoms. The van der Waals surface area contributed by atoms with Crippen LogP contribution in [0.1, 0.15) is 23.0 Å². The Kier molecular flexibility index (Phi) is 2.90. The van der Waals surface area contributed by atoms with E-state index < -0.39 is 0 Å². The fourth-order valence-corrected chi connectivity index (χ4v) is 1.69. The van der Waals surface area contributed by atoms with Crippen LogP contribution in [0.2, 0.25) is 5.02 Å². The van der Waals surface area contributed by atoms with Crippen LogP contribution in [0.4, 0.5) is 5.69 Å². The van der Waals surface area contributed by atoms with Gasteiger partial charge < -0.3 is 5.73 Å². The van der Waals surface area contributed by atoms with Crippen molar-refractivity contribution < 1.29 is 4.79 Å². The first kappa shape index (κ1) is 11.7. The summed E-state index contributed by atoms with van der Waals surface area (Å²) >= 11 is 5.94. The molecule has 2 N–H and O–H groups in total. The Bertz CT molecular complexity index is 570. The zero-order valence-corrected chi connectivity index (χ0v) is 10.3. The monoisotopic (exact) mass is 249 g/mol. The molecule has 2 rings (SSSR count). The van der Waals surface area contributed by atoms with Gasteiger partial charge >= 0.3 is 0 Å². The standard InChI is InChI=1S/C12H12ClN3O/c1-7-11(13)6-16(15-7)9-3-4-12(14)10(5-9)8(2)17/h3-6H,14H2,1-2H3. The van der Waals surface area contributed by atoms with Crippen LogP contribution in [-0.4, -0.2) is 15.6 Å². The highest BCUT2D eigenvalue weighted by molar-refractivity contribution is 6.31. The quantitative estimate of drug-likeness (QED) is 0.657. The number of benzene rings is 1. The Morgan fingerprint density at radius 3 is 2.71 bits per heavy atom. The second-order valence-electron chi connectivity index (χ2n) is 3.83. The summed E-state index contributed by atoms with van der Waals surface area (Å²) in [4.78, 5) is 11.4. The molecule has 0 radical (unpaired) electrons. The third kappa shape index (κ3) is 2.17. The summed E-state index contributed by atoms with van der Waals surface area (Å²) in [5.74, 6) is -0.0701. The second kappa shape index (κ2) is 4.22. The first-order valence-electron chi connectivity index (χ1n) is 5.11. The average molecular weight is 250 g/mol. The van der Waals surface area contributed by atoms with E-state index in [1.807, 2.05) is 6.92 Å². The number of aromatic nitrogens is 2. The van der Waals surface area contributed by atoms with Crippen molar-refractivity contribution >= 4 is 23.1 Å². The number of nitrogen functional groups attached to an aromatic ring is 1. The van der Waals surface area contributed by atoms with E-state index in [1.165, 1.54) is 6.92 Å². The molecule has 0 aliphatic carbocycles. The van der Waals surface area contributed by atoms with Crippen LogP contribution in [0.15, 0.2) is 24.4 Å². The van der Waals surface area contributed by atoms with Crippen LogP contribution in [0.3, 0.4) is 0 Å². The van der Waals surface area contributed by atoms with Crippen LogP contribution >= 0.6 is 11.6 Å². The number of anilines is 1. The SMILES string of the molecule is CC(=O)c1cc(-n2cc(Cl)c(C)n2)ccc1N. The van der Waals surface area contributed by atoms with Crippen molar-refractivity contribution in [2.24, 2.45) is 0 Å². The van der Waals surface area contributed by atoms with Crippen LogP contribution in [0.25, 0.3) is 5.69 Å². The summed E-state index contributed by atoms with van der Waals surface area (Å²) in [7, 11) is 0. The highest BCUT2D eigenvalue weighted by Crippen LogP contribution is 2.20. The topological polar surface area (TPSA) is 60.9 Å². The van der Waals surface area contributed by atoms with Gasteiger partial charge in [-0.05, 0) is 32.0 Å². The number of Topliss-reactive ketones (excluding diaryl/α,β-unsaturated/α-hetero) is 1. The van der Waals surface area contributed by atoms with Crippen molar-refractivity contribution in [1.82, 2.24) is 9.78 Å². The minimum atomic E-state index is -0.0701. The van der Waals surface area contributed by atoms with Gasteiger partial charge in [-0.1, -0.05) is 11.6 Å². The van der Waals surface area contributed by atoms with Gasteiger partial charge in [0.25, 0.3) is 0 Å². The molecule has 1 aromatic heterocycles. The Morgan fingerprint density at radius 1 is 1.47 bits per heavy atom. The van der Waals surface area contributed by atoms with Gasteiger partial charge in [0.15, 0.2) is 5.78 Å². The summed E-state index contributed by atoms with van der Waals surface area (Å²) in [6, 6.07) is 5.20. The molecule has 4 nitrogen and oxygen atoms in total. The number of ketones is 1. The predicted molar refractivity (Wildman–Crippen MR) is 67.7 cm³/mol. The van der Waals surface area contributed by atoms with Gasteiger partial charge in [0.05, 0.1) is 16.4 Å². The minimum Gasteiger partial charge on any atom is -0.398 e. The van der Waals surface area contributed by atoms with Crippen molar-refractivity contribution in [2.45, 2.75) is 13.8 Å². The van der Waals surface area contributed by atoms with Gasteiger partial charge in [0.1, 0.15) is 0 Å². The molecule has 0 atom stereocenters. The zero-order chi connectivity index (χ0) is 12.6. The molecule has 5 heteroatoms. The summed E-state index contributed by atoms with van der Waals surface area (Å²) in [6.45, 7) is 3.30. The fourth-order valence-electron chi connectivity index (χ4n) is 1.56. The van der Waals surface area contributed by atoms with Crippen molar-refractivity contribution in [3.05, 3.63) is 40.7 Å². The Morgan fingerprint density at radius 2 is 2.18 bits per heavy atom. The van der Waals surface area contributed by atoms with E-state index in [0.717, 1.165) is 11.4 Å². The molecule has 0 aliphatic rings. The average Bonchev–Trinajstić information content (AvgIpc) is 2.59. The van der Waals surface area contributed by atoms with Crippen LogP contribution < -0.4 is 5.73 Å². The highest BCUT2D eigenvalue weighted by atomic mass is 35.5. The number of nitrogens with two attached hydrogens (primary N) is 1. The number of halogens is 1. The largest absolute Gasteiger partial charge is 0.398 e. The number of nitrogens with zero attached hydrogens (tertiary/aromatic N) is 2. The van der Waals surface area contributed by atoms with Gasteiger partial charge in [0, 0.05) is 17.4 Å². The summed E-state index contributed by atoms with van der Waals surface area (Å²) < 4.78 is 1.63. The molecular weight excluding hydrogens is 238 g/mol. The zero-order valence-electron chi connectivity index (χ0n) is 9.57. The lowest BCUT2D eigenvalue weighted by Gasteiger charge is -2.06. The van der Waals surface area contributed by atoms with E-state index in [1.54, 1.807) is 29.1 Å². The Labute approximate surface area is 104 Å². The lowest BCUT2D eigenvalue weighted by atomic mass is 10.1. The van der Waals surface area contributed by atoms with Gasteiger partial charge in [-0.2, -0.15) is 5.10 Å². The summed E-state index contributed by atoms with van der Waals surface area (Å²) in [5, 5.41) is 4.83. The summed E-state index contributed by atoms with van der Waals surface area (Å²) in [5.41, 5.74) is 8.19. The van der Waals surface area contributed by atoms with Crippen LogP contribution in [0.5, 0.6) is 0 Å². The van der Waals surface area contributed by atoms with E-state index >= 15 is 0 Å². The van der Waals surface area contributed by atoms with Crippen molar-refractivity contribution in [1.29, 1.82) is 0 Å². The molecule has 0 unspecified atom stereocenters. The van der Waals surface area contributed by atoms with E-state index in [2.05, 4.69) is 5.10 Å². The molecule has 17 heavy (non-hydrogen) atoms. The van der Waals surface area contributed by atoms with E-state index in [4.69, 9.17) is 17.3 Å². The Hall–Kier alpha value is -1.81. The van der Waals surface area contributed by atoms with Crippen molar-refractivity contribution in [3.63, 3.8) is 0 Å². The molecule has 1 aromatic carbocycles. The van der Waals surface area contributed by atoms with Crippen LogP contribution in [0, 0.1) is 6.92 Å². The molecule has 2 aromatic rings. The smallest absolute Gasteiger partial charge is 0.161 e. The number of hydrogen-bond donors (Lipinski definition) is 1. The third-order valence-electron chi connectivity index (χ3n) is 2.52. The first-order valence-corrected chi connectivity index (χ1v) is 5.49. The molecule has 0 saturated carbocycles. The van der Waals surface area contributed by atoms with Crippen molar-refractivity contribution in [2.75, 3.05) is 5.73 Å². The lowest BCUT2D eigenvalue weighted by Crippen LogP contribution is -2.03. The molecule has 0 spiro atoms. The van der Waals surface area contributed by atoms with Gasteiger partial charge in [-0.25, -0.2) is 4.68 Å². The van der Waals surface area contributed by atoms with E-state index in [0.29, 0.717) is 16.3 Å². The first-order chi connectivity index (χ1) is 7.99. The Balaban J connectivity index is 2.53. The number of carbonyl (C=O) groups is 1. The fraction of sp³-hybridized carbons (Fsp3) is 0.167. The number of carbonyl (C=O) groups excluding carboxylic acids is 1. The minimum absolute atomic E-state index is 0.0701. The molecular formula is C12H12ClN3O. The maximum absolute atomic E-state index is 11.4. The third-order valence-corrected chi connectivity index (χ3v) is 2.89. The maximum Gasteiger partial charge on any atom is 0.161 e. The number of hydrogen-bond acceptors (Lipinski definition) is 3. The molecule has 88 valence electrons. The number of rotatable bonds is 2. The van der Waals surface area contributed by atoms with E-state index in [9.17, 15) is 4.79 Å². The van der Waals surface area contributed by atoms with E-state index in [-0.39, 0.29) is 5.78 Å². The lowest BCUT2D eigenvalue weighted by molar-refractivity contribution is 0.101. The second-order valence-corrected chi connectivity index (χ2v) is 4.24.